The molecule has 0 heterocycles. The number of hydrogen-bond acceptors (Lipinski definition) is 6. The molecular formula is C46H88O6. The molecule has 0 rings (SSSR count). The molecule has 0 spiro atoms. The van der Waals surface area contributed by atoms with E-state index in [2.05, 4.69) is 34.6 Å². The first kappa shape index (κ1) is 50.4. The highest BCUT2D eigenvalue weighted by atomic mass is 16.6. The molecule has 0 N–H and O–H groups in total. The molecule has 0 aliphatic carbocycles. The van der Waals surface area contributed by atoms with Crippen LogP contribution in [0.4, 0.5) is 0 Å². The zero-order valence-corrected chi connectivity index (χ0v) is 35.4. The van der Waals surface area contributed by atoms with Crippen molar-refractivity contribution < 1.29 is 28.6 Å². The highest BCUT2D eigenvalue weighted by Gasteiger charge is 2.19. The summed E-state index contributed by atoms with van der Waals surface area (Å²) in [5, 5.41) is 0. The first-order valence-corrected chi connectivity index (χ1v) is 22.8. The Morgan fingerprint density at radius 1 is 0.404 bits per heavy atom. The summed E-state index contributed by atoms with van der Waals surface area (Å²) in [5.41, 5.74) is 0. The number of unbranched alkanes of at least 4 members (excludes halogenated alkanes) is 24. The molecule has 0 aliphatic heterocycles. The van der Waals surface area contributed by atoms with E-state index in [-0.39, 0.29) is 31.1 Å². The standard InChI is InChI=1S/C46H88O6/c1-6-8-9-10-11-12-13-14-15-16-17-18-19-28-33-38-46(49)52-43(39-50-44(47)36-31-26-22-20-24-29-34-41(3)4)40-51-45(48)37-32-27-23-21-25-30-35-42(5)7-2/h41-43H,6-40H2,1-5H3/t42?,43-/m1/s1. The lowest BCUT2D eigenvalue weighted by molar-refractivity contribution is -0.167. The molecular weight excluding hydrogens is 648 g/mol. The second-order valence-electron chi connectivity index (χ2n) is 16.4. The van der Waals surface area contributed by atoms with E-state index in [1.54, 1.807) is 0 Å². The average Bonchev–Trinajstić information content (AvgIpc) is 3.12. The van der Waals surface area contributed by atoms with Crippen molar-refractivity contribution in [2.45, 2.75) is 253 Å². The molecule has 6 heteroatoms. The maximum absolute atomic E-state index is 12.7. The van der Waals surface area contributed by atoms with Gasteiger partial charge in [-0.15, -0.1) is 0 Å². The molecule has 52 heavy (non-hydrogen) atoms. The van der Waals surface area contributed by atoms with Crippen molar-refractivity contribution in [2.24, 2.45) is 11.8 Å². The van der Waals surface area contributed by atoms with E-state index < -0.39 is 6.10 Å². The summed E-state index contributed by atoms with van der Waals surface area (Å²) in [6.07, 6.45) is 36.7. The van der Waals surface area contributed by atoms with Gasteiger partial charge in [0, 0.05) is 19.3 Å². The van der Waals surface area contributed by atoms with Gasteiger partial charge in [0.05, 0.1) is 0 Å². The normalized spacial score (nSPS) is 12.6. The van der Waals surface area contributed by atoms with Crippen molar-refractivity contribution in [3.05, 3.63) is 0 Å². The second-order valence-corrected chi connectivity index (χ2v) is 16.4. The monoisotopic (exact) mass is 737 g/mol. The van der Waals surface area contributed by atoms with Crippen LogP contribution >= 0.6 is 0 Å². The predicted octanol–water partition coefficient (Wildman–Crippen LogP) is 14.2. The van der Waals surface area contributed by atoms with E-state index in [1.165, 1.54) is 135 Å². The summed E-state index contributed by atoms with van der Waals surface area (Å²) in [7, 11) is 0. The SMILES string of the molecule is CCCCCCCCCCCCCCCCCC(=O)O[C@H](COC(=O)CCCCCCCCC(C)C)COC(=O)CCCCCCCCC(C)CC. The van der Waals surface area contributed by atoms with Gasteiger partial charge in [0.2, 0.25) is 0 Å². The first-order valence-electron chi connectivity index (χ1n) is 22.8. The number of hydrogen-bond donors (Lipinski definition) is 0. The Hall–Kier alpha value is -1.59. The van der Waals surface area contributed by atoms with Gasteiger partial charge in [-0.25, -0.2) is 0 Å². The first-order chi connectivity index (χ1) is 25.3. The van der Waals surface area contributed by atoms with Crippen molar-refractivity contribution >= 4 is 17.9 Å². The Morgan fingerprint density at radius 2 is 0.731 bits per heavy atom. The number of carbonyl (C=O) groups is 3. The van der Waals surface area contributed by atoms with Crippen LogP contribution in [0, 0.1) is 11.8 Å². The van der Waals surface area contributed by atoms with Crippen molar-refractivity contribution in [1.82, 2.24) is 0 Å². The number of rotatable bonds is 40. The van der Waals surface area contributed by atoms with E-state index in [1.807, 2.05) is 0 Å². The summed E-state index contributed by atoms with van der Waals surface area (Å²) >= 11 is 0. The van der Waals surface area contributed by atoms with Crippen molar-refractivity contribution in [2.75, 3.05) is 13.2 Å². The van der Waals surface area contributed by atoms with Gasteiger partial charge in [0.15, 0.2) is 6.10 Å². The Morgan fingerprint density at radius 3 is 1.10 bits per heavy atom. The molecule has 0 aromatic rings. The molecule has 0 fully saturated rings. The van der Waals surface area contributed by atoms with Crippen LogP contribution < -0.4 is 0 Å². The molecule has 0 radical (unpaired) electrons. The molecule has 308 valence electrons. The molecule has 0 amide bonds. The van der Waals surface area contributed by atoms with Crippen LogP contribution in [0.5, 0.6) is 0 Å². The molecule has 0 aromatic heterocycles. The lowest BCUT2D eigenvalue weighted by Gasteiger charge is -2.18. The fourth-order valence-electron chi connectivity index (χ4n) is 6.72. The largest absolute Gasteiger partial charge is 0.462 e. The van der Waals surface area contributed by atoms with Gasteiger partial charge in [0.25, 0.3) is 0 Å². The third kappa shape index (κ3) is 38.1. The summed E-state index contributed by atoms with van der Waals surface area (Å²) in [4.78, 5) is 37.6. The van der Waals surface area contributed by atoms with Gasteiger partial charge in [-0.2, -0.15) is 0 Å². The third-order valence-electron chi connectivity index (χ3n) is 10.6. The average molecular weight is 737 g/mol. The Labute approximate surface area is 323 Å². The van der Waals surface area contributed by atoms with E-state index >= 15 is 0 Å². The van der Waals surface area contributed by atoms with Gasteiger partial charge in [-0.3, -0.25) is 14.4 Å². The molecule has 2 atom stereocenters. The van der Waals surface area contributed by atoms with E-state index in [0.29, 0.717) is 19.3 Å². The van der Waals surface area contributed by atoms with Gasteiger partial charge in [0.1, 0.15) is 13.2 Å². The third-order valence-corrected chi connectivity index (χ3v) is 10.6. The molecule has 0 aromatic carbocycles. The zero-order valence-electron chi connectivity index (χ0n) is 35.4. The molecule has 0 bridgehead atoms. The van der Waals surface area contributed by atoms with Crippen LogP contribution in [0.3, 0.4) is 0 Å². The lowest BCUT2D eigenvalue weighted by Crippen LogP contribution is -2.30. The number of carbonyl (C=O) groups excluding carboxylic acids is 3. The highest BCUT2D eigenvalue weighted by Crippen LogP contribution is 2.17. The fourth-order valence-corrected chi connectivity index (χ4v) is 6.72. The number of ether oxygens (including phenoxy) is 3. The van der Waals surface area contributed by atoms with E-state index in [4.69, 9.17) is 14.2 Å². The Balaban J connectivity index is 4.32. The molecule has 0 aliphatic rings. The maximum Gasteiger partial charge on any atom is 0.306 e. The molecule has 1 unspecified atom stereocenters. The summed E-state index contributed by atoms with van der Waals surface area (Å²) in [6.45, 7) is 11.2. The summed E-state index contributed by atoms with van der Waals surface area (Å²) in [5.74, 6) is 0.713. The van der Waals surface area contributed by atoms with Crippen LogP contribution in [0.1, 0.15) is 247 Å². The quantitative estimate of drug-likeness (QED) is 0.0354. The topological polar surface area (TPSA) is 78.9 Å². The van der Waals surface area contributed by atoms with Gasteiger partial charge in [-0.05, 0) is 31.1 Å². The van der Waals surface area contributed by atoms with E-state index in [0.717, 1.165) is 69.6 Å². The van der Waals surface area contributed by atoms with Gasteiger partial charge >= 0.3 is 17.9 Å². The van der Waals surface area contributed by atoms with Crippen LogP contribution in [-0.2, 0) is 28.6 Å². The second kappa shape index (κ2) is 39.1. The summed E-state index contributed by atoms with van der Waals surface area (Å²) < 4.78 is 16.7. The van der Waals surface area contributed by atoms with Crippen LogP contribution in [0.15, 0.2) is 0 Å². The van der Waals surface area contributed by atoms with Crippen molar-refractivity contribution in [3.8, 4) is 0 Å². The molecule has 0 saturated carbocycles. The summed E-state index contributed by atoms with van der Waals surface area (Å²) in [6, 6.07) is 0. The smallest absolute Gasteiger partial charge is 0.306 e. The minimum atomic E-state index is -0.761. The fraction of sp³-hybridized carbons (Fsp3) is 0.935. The van der Waals surface area contributed by atoms with E-state index in [9.17, 15) is 14.4 Å². The van der Waals surface area contributed by atoms with Crippen molar-refractivity contribution in [3.63, 3.8) is 0 Å². The zero-order chi connectivity index (χ0) is 38.3. The Kier molecular flexibility index (Phi) is 37.9. The van der Waals surface area contributed by atoms with Gasteiger partial charge in [-0.1, -0.05) is 208 Å². The van der Waals surface area contributed by atoms with Crippen LogP contribution in [0.2, 0.25) is 0 Å². The van der Waals surface area contributed by atoms with Crippen LogP contribution in [0.25, 0.3) is 0 Å². The minimum absolute atomic E-state index is 0.0668. The lowest BCUT2D eigenvalue weighted by atomic mass is 10.00. The van der Waals surface area contributed by atoms with Crippen LogP contribution in [-0.4, -0.2) is 37.2 Å². The highest BCUT2D eigenvalue weighted by molar-refractivity contribution is 5.71. The maximum atomic E-state index is 12.7. The Bertz CT molecular complexity index is 796. The molecule has 6 nitrogen and oxygen atoms in total. The van der Waals surface area contributed by atoms with Gasteiger partial charge < -0.3 is 14.2 Å². The minimum Gasteiger partial charge on any atom is -0.462 e. The predicted molar refractivity (Wildman–Crippen MR) is 220 cm³/mol. The van der Waals surface area contributed by atoms with Crippen molar-refractivity contribution in [1.29, 1.82) is 0 Å². The number of esters is 3. The molecule has 0 saturated heterocycles.